The van der Waals surface area contributed by atoms with Gasteiger partial charge in [0.2, 0.25) is 0 Å². The van der Waals surface area contributed by atoms with Gasteiger partial charge in [-0.25, -0.2) is 4.79 Å². The maximum Gasteiger partial charge on any atom is 0.526 e. The number of ketones is 2. The molecule has 2 aliphatic rings. The fraction of sp³-hybridized carbons (Fsp3) is 0.609. The highest BCUT2D eigenvalue weighted by Gasteiger charge is 2.38. The summed E-state index contributed by atoms with van der Waals surface area (Å²) in [6.45, 7) is 3.01. The van der Waals surface area contributed by atoms with Gasteiger partial charge < -0.3 is 20.1 Å². The van der Waals surface area contributed by atoms with Crippen molar-refractivity contribution in [2.45, 2.75) is 76.6 Å². The molecule has 0 amide bonds. The van der Waals surface area contributed by atoms with Crippen LogP contribution in [0.15, 0.2) is 18.2 Å². The van der Waals surface area contributed by atoms with Gasteiger partial charge in [-0.05, 0) is 49.8 Å². The Morgan fingerprint density at radius 2 is 2.00 bits per heavy atom. The molecule has 1 aromatic carbocycles. The quantitative estimate of drug-likeness (QED) is 0.387. The third-order valence-corrected chi connectivity index (χ3v) is 6.37. The molecular formula is C23H32BNO6. The molecule has 3 rings (SSSR count). The number of rotatable bonds is 10. The first-order chi connectivity index (χ1) is 14.9. The summed E-state index contributed by atoms with van der Waals surface area (Å²) in [4.78, 5) is 36.4. The summed E-state index contributed by atoms with van der Waals surface area (Å²) >= 11 is 0. The van der Waals surface area contributed by atoms with Gasteiger partial charge in [-0.15, -0.1) is 0 Å². The van der Waals surface area contributed by atoms with Gasteiger partial charge in [-0.1, -0.05) is 31.9 Å². The zero-order chi connectivity index (χ0) is 22.4. The molecule has 1 aromatic rings. The minimum absolute atomic E-state index is 0.0117. The molecule has 31 heavy (non-hydrogen) atoms. The Hall–Kier alpha value is -2.19. The number of hydrogen-bond acceptors (Lipinski definition) is 6. The highest BCUT2D eigenvalue weighted by atomic mass is 16.5. The first-order valence-corrected chi connectivity index (χ1v) is 11.4. The predicted molar refractivity (Wildman–Crippen MR) is 117 cm³/mol. The lowest BCUT2D eigenvalue weighted by atomic mass is 9.64. The number of benzene rings is 1. The number of fused-ring (bicyclic) bond motifs is 1. The summed E-state index contributed by atoms with van der Waals surface area (Å²) in [5.74, 6) is -1.09. The summed E-state index contributed by atoms with van der Waals surface area (Å²) in [7, 11) is -1.22. The van der Waals surface area contributed by atoms with Crippen LogP contribution in [-0.2, 0) is 16.0 Å². The number of carbonyl (C=O) groups is 3. The summed E-state index contributed by atoms with van der Waals surface area (Å²) in [5, 5.41) is 23.0. The Morgan fingerprint density at radius 3 is 2.71 bits per heavy atom. The van der Waals surface area contributed by atoms with E-state index in [-0.39, 0.29) is 41.3 Å². The molecule has 0 aromatic heterocycles. The number of carbonyl (C=O) groups excluding carboxylic acids is 2. The van der Waals surface area contributed by atoms with E-state index in [1.165, 1.54) is 6.07 Å². The van der Waals surface area contributed by atoms with Crippen LogP contribution in [-0.4, -0.2) is 47.4 Å². The molecule has 0 bridgehead atoms. The Kier molecular flexibility index (Phi) is 8.26. The van der Waals surface area contributed by atoms with Gasteiger partial charge >= 0.3 is 13.1 Å². The average Bonchev–Trinajstić information content (AvgIpc) is 2.72. The number of unbranched alkanes of at least 4 members (excludes halogenated alkanes) is 2. The molecule has 1 fully saturated rings. The van der Waals surface area contributed by atoms with Gasteiger partial charge in [-0.2, -0.15) is 0 Å². The monoisotopic (exact) mass is 429 g/mol. The molecule has 3 N–H and O–H groups in total. The molecule has 1 heterocycles. The topological polar surface area (TPSA) is 113 Å². The summed E-state index contributed by atoms with van der Waals surface area (Å²) in [6, 6.07) is 4.75. The van der Waals surface area contributed by atoms with Crippen molar-refractivity contribution < 1.29 is 29.2 Å². The molecule has 0 radical (unpaired) electrons. The lowest BCUT2D eigenvalue weighted by molar-refractivity contribution is -0.125. The fourth-order valence-corrected chi connectivity index (χ4v) is 4.66. The fourth-order valence-electron chi connectivity index (χ4n) is 4.66. The maximum atomic E-state index is 12.7. The van der Waals surface area contributed by atoms with Crippen LogP contribution in [0.25, 0.3) is 0 Å². The number of hydrogen-bond donors (Lipinski definition) is 3. The third kappa shape index (κ3) is 6.17. The summed E-state index contributed by atoms with van der Waals surface area (Å²) in [5.41, 5.74) is 0.702. The molecule has 0 spiro atoms. The van der Waals surface area contributed by atoms with Gasteiger partial charge in [0.05, 0.1) is 11.6 Å². The number of para-hydroxylation sites is 1. The molecule has 3 atom stereocenters. The van der Waals surface area contributed by atoms with E-state index in [0.717, 1.165) is 38.6 Å². The summed E-state index contributed by atoms with van der Waals surface area (Å²) < 4.78 is 5.47. The Balaban J connectivity index is 1.49. The van der Waals surface area contributed by atoms with Crippen molar-refractivity contribution in [2.24, 2.45) is 5.92 Å². The molecule has 1 saturated carbocycles. The van der Waals surface area contributed by atoms with Gasteiger partial charge in [0.15, 0.2) is 0 Å². The Morgan fingerprint density at radius 1 is 1.19 bits per heavy atom. The van der Waals surface area contributed by atoms with Crippen LogP contribution in [0.5, 0.6) is 5.75 Å². The minimum Gasteiger partial charge on any atom is -0.535 e. The summed E-state index contributed by atoms with van der Waals surface area (Å²) in [6.07, 6.45) is 6.29. The predicted octanol–water partition coefficient (Wildman–Crippen LogP) is 3.04. The van der Waals surface area contributed by atoms with E-state index >= 15 is 0 Å². The molecule has 0 saturated heterocycles. The highest BCUT2D eigenvalue weighted by molar-refractivity contribution is 6.47. The van der Waals surface area contributed by atoms with E-state index in [1.807, 2.05) is 0 Å². The Bertz CT molecular complexity index is 813. The average molecular weight is 429 g/mol. The van der Waals surface area contributed by atoms with Crippen molar-refractivity contribution in [2.75, 3.05) is 6.54 Å². The second-order valence-corrected chi connectivity index (χ2v) is 8.85. The SMILES string of the molecule is CCCCCNC1CCC(CC(=O)C[C@H]2Cc3cccc(C(=O)O)c3OB2O)CC1=O. The van der Waals surface area contributed by atoms with Crippen molar-refractivity contribution in [3.8, 4) is 5.75 Å². The molecule has 1 aliphatic carbocycles. The van der Waals surface area contributed by atoms with Gasteiger partial charge in [0.25, 0.3) is 0 Å². The molecule has 2 unspecified atom stereocenters. The van der Waals surface area contributed by atoms with E-state index < -0.39 is 18.9 Å². The number of nitrogens with one attached hydrogen (secondary N) is 1. The van der Waals surface area contributed by atoms with Gasteiger partial charge in [0.1, 0.15) is 17.3 Å². The smallest absolute Gasteiger partial charge is 0.526 e. The highest BCUT2D eigenvalue weighted by Crippen LogP contribution is 2.37. The normalized spacial score (nSPS) is 23.2. The van der Waals surface area contributed by atoms with Crippen LogP contribution in [0.3, 0.4) is 0 Å². The van der Waals surface area contributed by atoms with E-state index in [9.17, 15) is 24.5 Å². The lowest BCUT2D eigenvalue weighted by Crippen LogP contribution is -2.42. The second kappa shape index (κ2) is 10.9. The van der Waals surface area contributed by atoms with Gasteiger partial charge in [0, 0.05) is 25.1 Å². The Labute approximate surface area is 183 Å². The van der Waals surface area contributed by atoms with Crippen LogP contribution in [0.4, 0.5) is 0 Å². The van der Waals surface area contributed by atoms with Crippen molar-refractivity contribution >= 4 is 24.7 Å². The number of carboxylic acid groups (broad SMARTS) is 1. The first kappa shape index (κ1) is 23.5. The third-order valence-electron chi connectivity index (χ3n) is 6.37. The van der Waals surface area contributed by atoms with Crippen LogP contribution in [0.2, 0.25) is 5.82 Å². The van der Waals surface area contributed by atoms with Crippen molar-refractivity contribution in [3.63, 3.8) is 0 Å². The standard InChI is InChI=1S/C23H32BNO6/c1-2-3-4-10-25-20-9-8-15(12-21(20)27)11-18(26)14-17-13-16-6-5-7-19(23(28)29)22(16)31-24(17)30/h5-7,15,17,20,25,30H,2-4,8-14H2,1H3,(H,28,29)/t15?,17-,20?/m1/s1. The van der Waals surface area contributed by atoms with Crippen LogP contribution < -0.4 is 9.97 Å². The van der Waals surface area contributed by atoms with Crippen LogP contribution >= 0.6 is 0 Å². The van der Waals surface area contributed by atoms with Crippen molar-refractivity contribution in [1.82, 2.24) is 5.32 Å². The second-order valence-electron chi connectivity index (χ2n) is 8.85. The van der Waals surface area contributed by atoms with E-state index in [0.29, 0.717) is 24.8 Å². The van der Waals surface area contributed by atoms with Gasteiger partial charge in [-0.3, -0.25) is 9.59 Å². The van der Waals surface area contributed by atoms with E-state index in [1.54, 1.807) is 12.1 Å². The molecular weight excluding hydrogens is 397 g/mol. The van der Waals surface area contributed by atoms with Crippen LogP contribution in [0, 0.1) is 5.92 Å². The number of Topliss-reactive ketones (excluding diaryl/α,β-unsaturated/α-hetero) is 2. The first-order valence-electron chi connectivity index (χ1n) is 11.4. The molecule has 7 nitrogen and oxygen atoms in total. The molecule has 168 valence electrons. The zero-order valence-corrected chi connectivity index (χ0v) is 18.1. The number of aromatic carboxylic acids is 1. The number of carboxylic acids is 1. The largest absolute Gasteiger partial charge is 0.535 e. The lowest BCUT2D eigenvalue weighted by Gasteiger charge is -2.30. The molecule has 1 aliphatic heterocycles. The minimum atomic E-state index is -1.22. The zero-order valence-electron chi connectivity index (χ0n) is 18.1. The van der Waals surface area contributed by atoms with Crippen molar-refractivity contribution in [3.05, 3.63) is 29.3 Å². The van der Waals surface area contributed by atoms with E-state index in [4.69, 9.17) is 4.65 Å². The molecule has 8 heteroatoms. The van der Waals surface area contributed by atoms with Crippen LogP contribution in [0.1, 0.15) is 74.2 Å². The van der Waals surface area contributed by atoms with Crippen molar-refractivity contribution in [1.29, 1.82) is 0 Å². The van der Waals surface area contributed by atoms with E-state index in [2.05, 4.69) is 12.2 Å². The maximum absolute atomic E-state index is 12.7.